The highest BCUT2D eigenvalue weighted by Gasteiger charge is 2.28. The van der Waals surface area contributed by atoms with Gasteiger partial charge < -0.3 is 20.5 Å². The van der Waals surface area contributed by atoms with E-state index in [1.54, 1.807) is 6.07 Å². The van der Waals surface area contributed by atoms with Crippen molar-refractivity contribution in [2.45, 2.75) is 46.1 Å². The lowest BCUT2D eigenvalue weighted by atomic mass is 10.1. The van der Waals surface area contributed by atoms with E-state index in [1.807, 2.05) is 26.0 Å². The molecular weight excluding hydrogens is 392 g/mol. The van der Waals surface area contributed by atoms with Crippen molar-refractivity contribution in [3.8, 4) is 5.75 Å². The average Bonchev–Trinajstić information content (AvgIpc) is 3.23. The second-order valence-electron chi connectivity index (χ2n) is 7.03. The van der Waals surface area contributed by atoms with Crippen LogP contribution in [0.3, 0.4) is 0 Å². The van der Waals surface area contributed by atoms with Gasteiger partial charge in [-0.25, -0.2) is 4.79 Å². The van der Waals surface area contributed by atoms with Gasteiger partial charge in [-0.2, -0.15) is 0 Å². The van der Waals surface area contributed by atoms with Gasteiger partial charge in [0.15, 0.2) is 12.7 Å². The van der Waals surface area contributed by atoms with Crippen LogP contribution in [0.4, 0.5) is 5.00 Å². The van der Waals surface area contributed by atoms with Crippen LogP contribution < -0.4 is 15.8 Å². The molecule has 0 fully saturated rings. The fraction of sp³-hybridized carbons (Fsp3) is 0.381. The maximum atomic E-state index is 12.4. The Kier molecular flexibility index (Phi) is 6.22. The molecule has 0 saturated heterocycles. The third-order valence-electron chi connectivity index (χ3n) is 4.98. The van der Waals surface area contributed by atoms with Crippen molar-refractivity contribution in [1.82, 2.24) is 0 Å². The highest BCUT2D eigenvalue weighted by molar-refractivity contribution is 7.17. The molecule has 0 aliphatic heterocycles. The molecule has 1 heterocycles. The van der Waals surface area contributed by atoms with Gasteiger partial charge in [-0.3, -0.25) is 9.59 Å². The molecular formula is C21H24N2O5S. The van der Waals surface area contributed by atoms with E-state index in [4.69, 9.17) is 15.2 Å². The molecule has 1 aliphatic carbocycles. The van der Waals surface area contributed by atoms with Gasteiger partial charge in [0.1, 0.15) is 10.8 Å². The first-order valence-corrected chi connectivity index (χ1v) is 10.2. The summed E-state index contributed by atoms with van der Waals surface area (Å²) in [7, 11) is 0. The summed E-state index contributed by atoms with van der Waals surface area (Å²) in [6.07, 6.45) is 1.59. The summed E-state index contributed by atoms with van der Waals surface area (Å²) in [5.41, 5.74) is 8.78. The Labute approximate surface area is 173 Å². The number of amides is 2. The van der Waals surface area contributed by atoms with Crippen molar-refractivity contribution in [1.29, 1.82) is 0 Å². The second kappa shape index (κ2) is 8.65. The Morgan fingerprint density at radius 1 is 1.24 bits per heavy atom. The maximum Gasteiger partial charge on any atom is 0.344 e. The SMILES string of the molecule is Cc1cccc(OCC(=O)O[C@H](C)C(=O)Nc2sc3c(c2C(N)=O)CCC3)c1C. The van der Waals surface area contributed by atoms with Crippen LogP contribution in [0.25, 0.3) is 0 Å². The molecule has 7 nitrogen and oxygen atoms in total. The summed E-state index contributed by atoms with van der Waals surface area (Å²) in [5.74, 6) is -1.14. The molecule has 0 unspecified atom stereocenters. The lowest BCUT2D eigenvalue weighted by Crippen LogP contribution is -2.32. The van der Waals surface area contributed by atoms with Crippen LogP contribution in [-0.4, -0.2) is 30.5 Å². The lowest BCUT2D eigenvalue weighted by molar-refractivity contribution is -0.155. The Morgan fingerprint density at radius 3 is 2.72 bits per heavy atom. The zero-order chi connectivity index (χ0) is 21.1. The Morgan fingerprint density at radius 2 is 2.00 bits per heavy atom. The van der Waals surface area contributed by atoms with Crippen molar-refractivity contribution in [3.05, 3.63) is 45.3 Å². The van der Waals surface area contributed by atoms with E-state index in [0.29, 0.717) is 16.3 Å². The molecule has 1 atom stereocenters. The quantitative estimate of drug-likeness (QED) is 0.675. The number of hydrogen-bond acceptors (Lipinski definition) is 6. The molecule has 29 heavy (non-hydrogen) atoms. The van der Waals surface area contributed by atoms with Crippen LogP contribution >= 0.6 is 11.3 Å². The highest BCUT2D eigenvalue weighted by Crippen LogP contribution is 2.38. The fourth-order valence-corrected chi connectivity index (χ4v) is 4.57. The molecule has 2 amide bonds. The largest absolute Gasteiger partial charge is 0.482 e. The van der Waals surface area contributed by atoms with Gasteiger partial charge >= 0.3 is 5.97 Å². The number of benzene rings is 1. The maximum absolute atomic E-state index is 12.4. The van der Waals surface area contributed by atoms with Crippen LogP contribution in [0.5, 0.6) is 5.75 Å². The number of esters is 1. The first-order chi connectivity index (χ1) is 13.8. The van der Waals surface area contributed by atoms with E-state index in [1.165, 1.54) is 18.3 Å². The molecule has 0 radical (unpaired) electrons. The molecule has 8 heteroatoms. The minimum atomic E-state index is -1.04. The number of fused-ring (bicyclic) bond motifs is 1. The third-order valence-corrected chi connectivity index (χ3v) is 6.19. The fourth-order valence-electron chi connectivity index (χ4n) is 3.27. The summed E-state index contributed by atoms with van der Waals surface area (Å²) in [4.78, 5) is 37.4. The molecule has 0 bridgehead atoms. The molecule has 1 aliphatic rings. The van der Waals surface area contributed by atoms with Crippen LogP contribution in [0.15, 0.2) is 18.2 Å². The Hall–Kier alpha value is -2.87. The number of rotatable bonds is 7. The van der Waals surface area contributed by atoms with Crippen LogP contribution in [0.1, 0.15) is 45.3 Å². The highest BCUT2D eigenvalue weighted by atomic mass is 32.1. The van der Waals surface area contributed by atoms with E-state index in [0.717, 1.165) is 40.8 Å². The van der Waals surface area contributed by atoms with E-state index in [2.05, 4.69) is 5.32 Å². The normalized spacial score (nSPS) is 13.5. The molecule has 3 rings (SSSR count). The number of thiophene rings is 1. The number of ether oxygens (including phenoxy) is 2. The zero-order valence-electron chi connectivity index (χ0n) is 16.7. The Bertz CT molecular complexity index is 966. The van der Waals surface area contributed by atoms with Gasteiger partial charge in [-0.1, -0.05) is 12.1 Å². The number of primary amides is 1. The number of carbonyl (C=O) groups excluding carboxylic acids is 3. The lowest BCUT2D eigenvalue weighted by Gasteiger charge is -2.15. The third kappa shape index (κ3) is 4.59. The standard InChI is InChI=1S/C21H24N2O5S/c1-11-6-4-8-15(12(11)2)27-10-17(24)28-13(3)20(26)23-21-18(19(22)25)14-7-5-9-16(14)29-21/h4,6,8,13H,5,7,9-10H2,1-3H3,(H2,22,25)(H,23,26)/t13-/m1/s1. The van der Waals surface area contributed by atoms with Crippen LogP contribution in [-0.2, 0) is 27.2 Å². The van der Waals surface area contributed by atoms with E-state index >= 15 is 0 Å². The number of nitrogens with one attached hydrogen (secondary N) is 1. The predicted molar refractivity (Wildman–Crippen MR) is 110 cm³/mol. The number of aryl methyl sites for hydroxylation is 2. The second-order valence-corrected chi connectivity index (χ2v) is 8.14. The number of nitrogens with two attached hydrogens (primary N) is 1. The minimum Gasteiger partial charge on any atom is -0.482 e. The Balaban J connectivity index is 1.58. The summed E-state index contributed by atoms with van der Waals surface area (Å²) in [6, 6.07) is 5.56. The van der Waals surface area contributed by atoms with Crippen LogP contribution in [0, 0.1) is 13.8 Å². The van der Waals surface area contributed by atoms with Gasteiger partial charge in [0.2, 0.25) is 0 Å². The topological polar surface area (TPSA) is 108 Å². The van der Waals surface area contributed by atoms with Gasteiger partial charge in [0.05, 0.1) is 5.56 Å². The molecule has 0 saturated carbocycles. The van der Waals surface area contributed by atoms with Gasteiger partial charge in [0, 0.05) is 4.88 Å². The smallest absolute Gasteiger partial charge is 0.344 e. The van der Waals surface area contributed by atoms with Crippen molar-refractivity contribution in [2.24, 2.45) is 5.73 Å². The number of carbonyl (C=O) groups is 3. The van der Waals surface area contributed by atoms with E-state index in [-0.39, 0.29) is 6.61 Å². The summed E-state index contributed by atoms with van der Waals surface area (Å²) < 4.78 is 10.7. The number of hydrogen-bond donors (Lipinski definition) is 2. The summed E-state index contributed by atoms with van der Waals surface area (Å²) in [6.45, 7) is 5.02. The molecule has 3 N–H and O–H groups in total. The average molecular weight is 416 g/mol. The number of anilines is 1. The van der Waals surface area contributed by atoms with Crippen molar-refractivity contribution < 1.29 is 23.9 Å². The molecule has 154 valence electrons. The predicted octanol–water partition coefficient (Wildman–Crippen LogP) is 2.90. The van der Waals surface area contributed by atoms with Gasteiger partial charge in [-0.05, 0) is 62.8 Å². The summed E-state index contributed by atoms with van der Waals surface area (Å²) >= 11 is 1.35. The van der Waals surface area contributed by atoms with Crippen molar-refractivity contribution >= 4 is 34.1 Å². The van der Waals surface area contributed by atoms with E-state index in [9.17, 15) is 14.4 Å². The summed E-state index contributed by atoms with van der Waals surface area (Å²) in [5, 5.41) is 3.10. The first kappa shape index (κ1) is 20.9. The van der Waals surface area contributed by atoms with Crippen LogP contribution in [0.2, 0.25) is 0 Å². The van der Waals surface area contributed by atoms with Crippen molar-refractivity contribution in [2.75, 3.05) is 11.9 Å². The molecule has 0 spiro atoms. The molecule has 1 aromatic carbocycles. The van der Waals surface area contributed by atoms with E-state index < -0.39 is 23.9 Å². The molecule has 1 aromatic heterocycles. The van der Waals surface area contributed by atoms with Crippen molar-refractivity contribution in [3.63, 3.8) is 0 Å². The monoisotopic (exact) mass is 416 g/mol. The molecule has 2 aromatic rings. The van der Waals surface area contributed by atoms with Gasteiger partial charge in [0.25, 0.3) is 11.8 Å². The zero-order valence-corrected chi connectivity index (χ0v) is 17.5. The minimum absolute atomic E-state index is 0.304. The van der Waals surface area contributed by atoms with Gasteiger partial charge in [-0.15, -0.1) is 11.3 Å². The first-order valence-electron chi connectivity index (χ1n) is 9.41.